The normalized spacial score (nSPS) is 20.4. The standard InChI is InChI=1S/C19H22N4O2/c1-2-21-18-13(17(20)25)10-12-11-6-3-4-7-14(11)23(19(12)22-18)15-8-5-9-16(15)24/h3-4,6-7,10,15-16,24H,2,5,8-9H2,1H3,(H2,20,25)(H,21,22)/t15?,16-/m1/s1. The zero-order chi connectivity index (χ0) is 17.6. The van der Waals surface area contributed by atoms with Crippen LogP contribution in [0.2, 0.25) is 0 Å². The van der Waals surface area contributed by atoms with Gasteiger partial charge in [0, 0.05) is 17.3 Å². The molecule has 4 rings (SSSR count). The van der Waals surface area contributed by atoms with Crippen LogP contribution in [0.15, 0.2) is 30.3 Å². The van der Waals surface area contributed by atoms with Crippen molar-refractivity contribution in [2.24, 2.45) is 5.73 Å². The molecule has 6 heteroatoms. The van der Waals surface area contributed by atoms with Crippen LogP contribution >= 0.6 is 0 Å². The molecule has 0 aliphatic heterocycles. The van der Waals surface area contributed by atoms with Gasteiger partial charge in [0.25, 0.3) is 5.91 Å². The Hall–Kier alpha value is -2.60. The molecular formula is C19H22N4O2. The maximum Gasteiger partial charge on any atom is 0.252 e. The number of aliphatic hydroxyl groups is 1. The van der Waals surface area contributed by atoms with Crippen molar-refractivity contribution in [2.45, 2.75) is 38.3 Å². The summed E-state index contributed by atoms with van der Waals surface area (Å²) in [6.45, 7) is 2.60. The second-order valence-corrected chi connectivity index (χ2v) is 6.60. The minimum Gasteiger partial charge on any atom is -0.391 e. The summed E-state index contributed by atoms with van der Waals surface area (Å²) in [5.74, 6) is 0.00197. The fourth-order valence-electron chi connectivity index (χ4n) is 3.96. The van der Waals surface area contributed by atoms with Crippen molar-refractivity contribution in [1.29, 1.82) is 0 Å². The summed E-state index contributed by atoms with van der Waals surface area (Å²) >= 11 is 0. The number of amides is 1. The van der Waals surface area contributed by atoms with Gasteiger partial charge in [0.15, 0.2) is 0 Å². The second kappa shape index (κ2) is 6.04. The predicted octanol–water partition coefficient (Wildman–Crippen LogP) is 2.81. The third-order valence-electron chi connectivity index (χ3n) is 5.07. The molecule has 2 atom stereocenters. The van der Waals surface area contributed by atoms with Gasteiger partial charge in [-0.25, -0.2) is 4.98 Å². The lowest BCUT2D eigenvalue weighted by Gasteiger charge is -2.19. The summed E-state index contributed by atoms with van der Waals surface area (Å²) < 4.78 is 2.13. The summed E-state index contributed by atoms with van der Waals surface area (Å²) in [5.41, 5.74) is 7.77. The Morgan fingerprint density at radius 2 is 2.16 bits per heavy atom. The van der Waals surface area contributed by atoms with Crippen LogP contribution < -0.4 is 11.1 Å². The third-order valence-corrected chi connectivity index (χ3v) is 5.07. The van der Waals surface area contributed by atoms with E-state index in [1.165, 1.54) is 0 Å². The number of nitrogens with two attached hydrogens (primary N) is 1. The van der Waals surface area contributed by atoms with Crippen molar-refractivity contribution in [3.05, 3.63) is 35.9 Å². The number of carbonyl (C=O) groups excluding carboxylic acids is 1. The van der Waals surface area contributed by atoms with Crippen LogP contribution in [-0.2, 0) is 0 Å². The molecule has 3 aromatic rings. The van der Waals surface area contributed by atoms with Gasteiger partial charge in [-0.1, -0.05) is 18.2 Å². The molecule has 1 unspecified atom stereocenters. The highest BCUT2D eigenvalue weighted by atomic mass is 16.3. The Labute approximate surface area is 145 Å². The number of nitrogens with zero attached hydrogens (tertiary/aromatic N) is 2. The molecule has 1 saturated carbocycles. The summed E-state index contributed by atoms with van der Waals surface area (Å²) in [6, 6.07) is 9.85. The SMILES string of the molecule is CCNc1nc2c(cc1C(N)=O)c1ccccc1n2C1CCC[C@H]1O. The largest absolute Gasteiger partial charge is 0.391 e. The van der Waals surface area contributed by atoms with Gasteiger partial charge in [-0.3, -0.25) is 4.79 Å². The molecule has 2 aromatic heterocycles. The minimum atomic E-state index is -0.497. The summed E-state index contributed by atoms with van der Waals surface area (Å²) in [4.78, 5) is 16.6. The number of carbonyl (C=O) groups is 1. The average Bonchev–Trinajstić information content (AvgIpc) is 3.15. The molecule has 6 nitrogen and oxygen atoms in total. The van der Waals surface area contributed by atoms with Crippen molar-refractivity contribution in [3.63, 3.8) is 0 Å². The molecule has 1 fully saturated rings. The smallest absolute Gasteiger partial charge is 0.252 e. The number of pyridine rings is 1. The fraction of sp³-hybridized carbons (Fsp3) is 0.368. The number of aromatic nitrogens is 2. The van der Waals surface area contributed by atoms with Gasteiger partial charge in [0.1, 0.15) is 11.5 Å². The first kappa shape index (κ1) is 15.9. The monoisotopic (exact) mass is 338 g/mol. The summed E-state index contributed by atoms with van der Waals surface area (Å²) in [6.07, 6.45) is 2.35. The number of hydrogen-bond donors (Lipinski definition) is 3. The zero-order valence-electron chi connectivity index (χ0n) is 14.2. The number of hydrogen-bond acceptors (Lipinski definition) is 4. The Bertz CT molecular complexity index is 963. The highest BCUT2D eigenvalue weighted by Gasteiger charge is 2.30. The van der Waals surface area contributed by atoms with Crippen molar-refractivity contribution >= 4 is 33.7 Å². The molecule has 2 heterocycles. The molecule has 0 spiro atoms. The van der Waals surface area contributed by atoms with Gasteiger partial charge in [0.2, 0.25) is 0 Å². The topological polar surface area (TPSA) is 93.2 Å². The van der Waals surface area contributed by atoms with Gasteiger partial charge in [-0.2, -0.15) is 0 Å². The minimum absolute atomic E-state index is 0.00352. The molecule has 0 bridgehead atoms. The Morgan fingerprint density at radius 1 is 1.36 bits per heavy atom. The van der Waals surface area contributed by atoms with Crippen molar-refractivity contribution in [1.82, 2.24) is 9.55 Å². The molecule has 130 valence electrons. The second-order valence-electron chi connectivity index (χ2n) is 6.60. The van der Waals surface area contributed by atoms with Crippen LogP contribution in [0, 0.1) is 0 Å². The van der Waals surface area contributed by atoms with E-state index in [2.05, 4.69) is 9.88 Å². The van der Waals surface area contributed by atoms with E-state index in [1.54, 1.807) is 0 Å². The van der Waals surface area contributed by atoms with Crippen LogP contribution in [0.25, 0.3) is 21.9 Å². The fourth-order valence-corrected chi connectivity index (χ4v) is 3.96. The van der Waals surface area contributed by atoms with Crippen LogP contribution in [0.1, 0.15) is 42.6 Å². The molecule has 1 amide bonds. The average molecular weight is 338 g/mol. The molecule has 1 aromatic carbocycles. The van der Waals surface area contributed by atoms with E-state index in [0.717, 1.165) is 41.2 Å². The Morgan fingerprint density at radius 3 is 2.84 bits per heavy atom. The van der Waals surface area contributed by atoms with Gasteiger partial charge < -0.3 is 20.7 Å². The Kier molecular flexibility index (Phi) is 3.84. The van der Waals surface area contributed by atoms with Gasteiger partial charge >= 0.3 is 0 Å². The van der Waals surface area contributed by atoms with Crippen molar-refractivity contribution in [2.75, 3.05) is 11.9 Å². The first-order valence-electron chi connectivity index (χ1n) is 8.77. The number of anilines is 1. The van der Waals surface area contributed by atoms with Crippen LogP contribution in [0.5, 0.6) is 0 Å². The number of primary amides is 1. The van der Waals surface area contributed by atoms with Crippen LogP contribution in [-0.4, -0.2) is 33.2 Å². The van der Waals surface area contributed by atoms with Crippen molar-refractivity contribution < 1.29 is 9.90 Å². The maximum atomic E-state index is 11.9. The number of rotatable bonds is 4. The molecule has 4 N–H and O–H groups in total. The maximum absolute atomic E-state index is 11.9. The molecular weight excluding hydrogens is 316 g/mol. The van der Waals surface area contributed by atoms with Gasteiger partial charge in [-0.05, 0) is 38.3 Å². The quantitative estimate of drug-likeness (QED) is 0.682. The zero-order valence-corrected chi connectivity index (χ0v) is 14.2. The summed E-state index contributed by atoms with van der Waals surface area (Å²) in [7, 11) is 0. The van der Waals surface area contributed by atoms with E-state index in [-0.39, 0.29) is 12.1 Å². The van der Waals surface area contributed by atoms with E-state index in [4.69, 9.17) is 10.7 Å². The first-order valence-corrected chi connectivity index (χ1v) is 8.77. The number of aliphatic hydroxyl groups excluding tert-OH is 1. The Balaban J connectivity index is 2.08. The third kappa shape index (κ3) is 2.44. The number of fused-ring (bicyclic) bond motifs is 3. The van der Waals surface area contributed by atoms with Crippen molar-refractivity contribution in [3.8, 4) is 0 Å². The summed E-state index contributed by atoms with van der Waals surface area (Å²) in [5, 5.41) is 15.5. The molecule has 0 radical (unpaired) electrons. The number of nitrogens with one attached hydrogen (secondary N) is 1. The molecule has 1 aliphatic rings. The molecule has 1 aliphatic carbocycles. The number of benzene rings is 1. The number of para-hydroxylation sites is 1. The first-order chi connectivity index (χ1) is 12.1. The lowest BCUT2D eigenvalue weighted by molar-refractivity contribution is 0.100. The van der Waals surface area contributed by atoms with E-state index in [0.29, 0.717) is 17.9 Å². The molecule has 0 saturated heterocycles. The van der Waals surface area contributed by atoms with E-state index in [9.17, 15) is 9.90 Å². The van der Waals surface area contributed by atoms with E-state index >= 15 is 0 Å². The van der Waals surface area contributed by atoms with Gasteiger partial charge in [0.05, 0.1) is 23.2 Å². The highest BCUT2D eigenvalue weighted by Crippen LogP contribution is 2.39. The van der Waals surface area contributed by atoms with Crippen LogP contribution in [0.4, 0.5) is 5.82 Å². The van der Waals surface area contributed by atoms with Crippen LogP contribution in [0.3, 0.4) is 0 Å². The lowest BCUT2D eigenvalue weighted by Crippen LogP contribution is -2.19. The molecule has 25 heavy (non-hydrogen) atoms. The lowest BCUT2D eigenvalue weighted by atomic mass is 10.1. The van der Waals surface area contributed by atoms with E-state index in [1.807, 2.05) is 37.3 Å². The van der Waals surface area contributed by atoms with E-state index < -0.39 is 5.91 Å². The highest BCUT2D eigenvalue weighted by molar-refractivity contribution is 6.11. The van der Waals surface area contributed by atoms with Gasteiger partial charge in [-0.15, -0.1) is 0 Å². The predicted molar refractivity (Wildman–Crippen MR) is 98.8 cm³/mol.